The van der Waals surface area contributed by atoms with E-state index >= 15 is 0 Å². The molecule has 3 N–H and O–H groups in total. The zero-order valence-corrected chi connectivity index (χ0v) is 19.0. The van der Waals surface area contributed by atoms with Gasteiger partial charge < -0.3 is 20.7 Å². The number of amides is 1. The van der Waals surface area contributed by atoms with Crippen molar-refractivity contribution < 1.29 is 14.3 Å². The second-order valence-corrected chi connectivity index (χ2v) is 8.03. The quantitative estimate of drug-likeness (QED) is 0.391. The lowest BCUT2D eigenvalue weighted by molar-refractivity contribution is -0.113. The highest BCUT2D eigenvalue weighted by molar-refractivity contribution is 7.80. The first-order valence-corrected chi connectivity index (χ1v) is 10.8. The first-order chi connectivity index (χ1) is 16.0. The van der Waals surface area contributed by atoms with Crippen LogP contribution in [0.3, 0.4) is 0 Å². The Hall–Kier alpha value is -3.97. The average Bonchev–Trinajstić information content (AvgIpc) is 2.85. The Labute approximate surface area is 197 Å². The Kier molecular flexibility index (Phi) is 6.51. The number of carbonyl (C=O) groups is 2. The van der Waals surface area contributed by atoms with Crippen LogP contribution in [-0.2, 0) is 9.53 Å². The van der Waals surface area contributed by atoms with Gasteiger partial charge in [-0.25, -0.2) is 4.79 Å². The summed E-state index contributed by atoms with van der Waals surface area (Å²) in [5.41, 5.74) is 4.97. The van der Waals surface area contributed by atoms with Gasteiger partial charge in [0.2, 0.25) is 0 Å². The molecule has 33 heavy (non-hydrogen) atoms. The van der Waals surface area contributed by atoms with Crippen LogP contribution in [0, 0.1) is 6.92 Å². The SMILES string of the molecule is COC(=O)c1ccc([C@H]2NC(=S)NC(c3ccccc3)=C2C(=O)Nc2ccc(C)cc2)cc1. The molecule has 1 aliphatic heterocycles. The third kappa shape index (κ3) is 4.94. The summed E-state index contributed by atoms with van der Waals surface area (Å²) in [5, 5.41) is 9.77. The molecule has 166 valence electrons. The van der Waals surface area contributed by atoms with E-state index in [1.807, 2.05) is 61.5 Å². The summed E-state index contributed by atoms with van der Waals surface area (Å²) < 4.78 is 4.79. The molecule has 0 fully saturated rings. The van der Waals surface area contributed by atoms with Crippen molar-refractivity contribution in [3.63, 3.8) is 0 Å². The molecular formula is C26H23N3O3S. The molecule has 1 heterocycles. The van der Waals surface area contributed by atoms with E-state index in [9.17, 15) is 9.59 Å². The van der Waals surface area contributed by atoms with Gasteiger partial charge in [0.15, 0.2) is 5.11 Å². The first-order valence-electron chi connectivity index (χ1n) is 10.4. The Bertz CT molecular complexity index is 1220. The second kappa shape index (κ2) is 9.67. The number of ether oxygens (including phenoxy) is 1. The van der Waals surface area contributed by atoms with E-state index in [0.717, 1.165) is 16.7 Å². The lowest BCUT2D eigenvalue weighted by Gasteiger charge is -2.32. The van der Waals surface area contributed by atoms with E-state index in [1.54, 1.807) is 24.3 Å². The number of hydrogen-bond donors (Lipinski definition) is 3. The number of aryl methyl sites for hydroxylation is 1. The molecule has 0 radical (unpaired) electrons. The minimum atomic E-state index is -0.522. The van der Waals surface area contributed by atoms with Crippen molar-refractivity contribution in [1.29, 1.82) is 0 Å². The molecule has 0 bridgehead atoms. The molecule has 0 saturated heterocycles. The Morgan fingerprint density at radius 2 is 1.61 bits per heavy atom. The number of esters is 1. The number of methoxy groups -OCH3 is 1. The summed E-state index contributed by atoms with van der Waals surface area (Å²) in [5.74, 6) is -0.685. The minimum absolute atomic E-state index is 0.262. The van der Waals surface area contributed by atoms with Crippen LogP contribution in [0.5, 0.6) is 0 Å². The van der Waals surface area contributed by atoms with E-state index in [-0.39, 0.29) is 5.91 Å². The van der Waals surface area contributed by atoms with Crippen molar-refractivity contribution in [3.05, 3.63) is 107 Å². The monoisotopic (exact) mass is 457 g/mol. The maximum atomic E-state index is 13.6. The van der Waals surface area contributed by atoms with E-state index in [4.69, 9.17) is 17.0 Å². The third-order valence-corrected chi connectivity index (χ3v) is 5.57. The van der Waals surface area contributed by atoms with Gasteiger partial charge in [-0.15, -0.1) is 0 Å². The van der Waals surface area contributed by atoms with Crippen LogP contribution in [-0.4, -0.2) is 24.1 Å². The summed E-state index contributed by atoms with van der Waals surface area (Å²) in [7, 11) is 1.34. The molecule has 3 aromatic rings. The maximum absolute atomic E-state index is 13.6. The first kappa shape index (κ1) is 22.2. The van der Waals surface area contributed by atoms with Crippen LogP contribution >= 0.6 is 12.2 Å². The van der Waals surface area contributed by atoms with Gasteiger partial charge in [0.05, 0.1) is 30.0 Å². The number of benzene rings is 3. The van der Waals surface area contributed by atoms with Gasteiger partial charge in [0, 0.05) is 5.69 Å². The molecule has 7 heteroatoms. The lowest BCUT2D eigenvalue weighted by atomic mass is 9.91. The average molecular weight is 458 g/mol. The molecule has 4 rings (SSSR count). The Morgan fingerprint density at radius 1 is 0.939 bits per heavy atom. The zero-order valence-electron chi connectivity index (χ0n) is 18.2. The highest BCUT2D eigenvalue weighted by Crippen LogP contribution is 2.32. The minimum Gasteiger partial charge on any atom is -0.465 e. The molecule has 0 unspecified atom stereocenters. The predicted molar refractivity (Wildman–Crippen MR) is 133 cm³/mol. The molecule has 0 saturated carbocycles. The standard InChI is InChI=1S/C26H23N3O3S/c1-16-8-14-20(15-9-16)27-24(30)21-22(17-6-4-3-5-7-17)28-26(33)29-23(21)18-10-12-19(13-11-18)25(31)32-2/h3-15,23H,1-2H3,(H,27,30)(H2,28,29,33)/t23-/m1/s1. The zero-order chi connectivity index (χ0) is 23.4. The van der Waals surface area contributed by atoms with Crippen molar-refractivity contribution in [3.8, 4) is 0 Å². The number of thiocarbonyl (C=S) groups is 1. The van der Waals surface area contributed by atoms with Gasteiger partial charge in [-0.05, 0) is 54.5 Å². The number of hydrogen-bond acceptors (Lipinski definition) is 4. The third-order valence-electron chi connectivity index (χ3n) is 5.35. The summed E-state index contributed by atoms with van der Waals surface area (Å²) in [6, 6.07) is 23.6. The molecule has 1 aliphatic rings. The van der Waals surface area contributed by atoms with Crippen LogP contribution < -0.4 is 16.0 Å². The number of anilines is 1. The van der Waals surface area contributed by atoms with Gasteiger partial charge in [-0.2, -0.15) is 0 Å². The fourth-order valence-corrected chi connectivity index (χ4v) is 3.88. The molecule has 0 spiro atoms. The smallest absolute Gasteiger partial charge is 0.337 e. The molecule has 0 aliphatic carbocycles. The van der Waals surface area contributed by atoms with Crippen molar-refractivity contribution in [2.45, 2.75) is 13.0 Å². The van der Waals surface area contributed by atoms with Gasteiger partial charge in [-0.1, -0.05) is 60.2 Å². The number of nitrogens with one attached hydrogen (secondary N) is 3. The molecule has 3 aromatic carbocycles. The van der Waals surface area contributed by atoms with Crippen LogP contribution in [0.25, 0.3) is 5.70 Å². The second-order valence-electron chi connectivity index (χ2n) is 7.62. The largest absolute Gasteiger partial charge is 0.465 e. The molecule has 6 nitrogen and oxygen atoms in total. The van der Waals surface area contributed by atoms with Crippen LogP contribution in [0.15, 0.2) is 84.4 Å². The number of rotatable bonds is 5. The molecular weight excluding hydrogens is 434 g/mol. The van der Waals surface area contributed by atoms with Crippen LogP contribution in [0.4, 0.5) is 5.69 Å². The van der Waals surface area contributed by atoms with Crippen molar-refractivity contribution in [2.24, 2.45) is 0 Å². The van der Waals surface area contributed by atoms with Gasteiger partial charge in [0.25, 0.3) is 5.91 Å². The van der Waals surface area contributed by atoms with E-state index in [2.05, 4.69) is 16.0 Å². The van der Waals surface area contributed by atoms with Gasteiger partial charge in [-0.3, -0.25) is 4.79 Å². The number of carbonyl (C=O) groups excluding carboxylic acids is 2. The molecule has 1 atom stereocenters. The van der Waals surface area contributed by atoms with Crippen LogP contribution in [0.1, 0.15) is 33.1 Å². The highest BCUT2D eigenvalue weighted by Gasteiger charge is 2.32. The fraction of sp³-hybridized carbons (Fsp3) is 0.115. The summed E-state index contributed by atoms with van der Waals surface area (Å²) in [6.45, 7) is 1.99. The van der Waals surface area contributed by atoms with E-state index in [0.29, 0.717) is 27.6 Å². The van der Waals surface area contributed by atoms with Gasteiger partial charge >= 0.3 is 5.97 Å². The maximum Gasteiger partial charge on any atom is 0.337 e. The van der Waals surface area contributed by atoms with E-state index in [1.165, 1.54) is 7.11 Å². The predicted octanol–water partition coefficient (Wildman–Crippen LogP) is 4.35. The Balaban J connectivity index is 1.79. The Morgan fingerprint density at radius 3 is 2.24 bits per heavy atom. The van der Waals surface area contributed by atoms with E-state index < -0.39 is 12.0 Å². The topological polar surface area (TPSA) is 79.5 Å². The molecule has 0 aromatic heterocycles. The van der Waals surface area contributed by atoms with Crippen LogP contribution in [0.2, 0.25) is 0 Å². The van der Waals surface area contributed by atoms with Crippen molar-refractivity contribution in [2.75, 3.05) is 12.4 Å². The summed E-state index contributed by atoms with van der Waals surface area (Å²) >= 11 is 5.47. The van der Waals surface area contributed by atoms with Crippen molar-refractivity contribution >= 4 is 40.6 Å². The summed E-state index contributed by atoms with van der Waals surface area (Å²) in [4.78, 5) is 25.4. The lowest BCUT2D eigenvalue weighted by Crippen LogP contribution is -2.45. The summed E-state index contributed by atoms with van der Waals surface area (Å²) in [6.07, 6.45) is 0. The fourth-order valence-electron chi connectivity index (χ4n) is 3.66. The normalized spacial score (nSPS) is 15.3. The van der Waals surface area contributed by atoms with Gasteiger partial charge in [0.1, 0.15) is 0 Å². The van der Waals surface area contributed by atoms with Crippen molar-refractivity contribution in [1.82, 2.24) is 10.6 Å². The molecule has 1 amide bonds. The highest BCUT2D eigenvalue weighted by atomic mass is 32.1.